The lowest BCUT2D eigenvalue weighted by Crippen LogP contribution is -2.31. The Morgan fingerprint density at radius 3 is 2.58 bits per heavy atom. The minimum Gasteiger partial charge on any atom is -0.478 e. The molecule has 0 saturated carbocycles. The molecule has 0 aliphatic carbocycles. The summed E-state index contributed by atoms with van der Waals surface area (Å²) in [5, 5.41) is 9.95. The van der Waals surface area contributed by atoms with E-state index in [-0.39, 0.29) is 11.3 Å². The third-order valence-electron chi connectivity index (χ3n) is 3.58. The lowest BCUT2D eigenvalue weighted by molar-refractivity contribution is 0.0697. The number of carboxylic acid groups (broad SMARTS) is 1. The van der Waals surface area contributed by atoms with Gasteiger partial charge in [0.2, 0.25) is 0 Å². The van der Waals surface area contributed by atoms with Crippen LogP contribution in [0.25, 0.3) is 11.8 Å². The maximum absolute atomic E-state index is 12.0. The Kier molecular flexibility index (Phi) is 4.22. The molecule has 24 heavy (non-hydrogen) atoms. The number of anilines is 1. The van der Waals surface area contributed by atoms with Crippen molar-refractivity contribution in [1.82, 2.24) is 0 Å². The molecule has 2 aromatic rings. The second-order valence-electron chi connectivity index (χ2n) is 5.15. The minimum atomic E-state index is -1.06. The van der Waals surface area contributed by atoms with Crippen LogP contribution in [0.15, 0.2) is 36.4 Å². The second-order valence-corrected chi connectivity index (χ2v) is 5.96. The van der Waals surface area contributed by atoms with Gasteiger partial charge < -0.3 is 9.84 Å². The Morgan fingerprint density at radius 2 is 1.92 bits per heavy atom. The first kappa shape index (κ1) is 16.4. The van der Waals surface area contributed by atoms with Crippen LogP contribution in [0.3, 0.4) is 0 Å². The number of amides is 1. The van der Waals surface area contributed by atoms with Gasteiger partial charge in [-0.05, 0) is 42.0 Å². The van der Waals surface area contributed by atoms with Gasteiger partial charge in [-0.15, -0.1) is 0 Å². The average Bonchev–Trinajstić information content (AvgIpc) is 2.55. The zero-order valence-electron chi connectivity index (χ0n) is 12.4. The number of fused-ring (bicyclic) bond motifs is 1. The summed E-state index contributed by atoms with van der Waals surface area (Å²) in [6.45, 7) is 0. The zero-order chi connectivity index (χ0) is 17.4. The maximum atomic E-state index is 12.0. The lowest BCUT2D eigenvalue weighted by Gasteiger charge is -2.27. The van der Waals surface area contributed by atoms with Crippen LogP contribution in [0, 0.1) is 0 Å². The quantitative estimate of drug-likeness (QED) is 0.833. The molecular formula is C17H11Cl2NO4. The van der Waals surface area contributed by atoms with Crippen molar-refractivity contribution in [2.45, 2.75) is 0 Å². The van der Waals surface area contributed by atoms with Gasteiger partial charge in [-0.25, -0.2) is 9.59 Å². The fourth-order valence-corrected chi connectivity index (χ4v) is 2.64. The number of hydrogen-bond donors (Lipinski definition) is 1. The van der Waals surface area contributed by atoms with E-state index in [9.17, 15) is 14.7 Å². The van der Waals surface area contributed by atoms with Gasteiger partial charge in [0, 0.05) is 12.6 Å². The highest BCUT2D eigenvalue weighted by atomic mass is 35.5. The van der Waals surface area contributed by atoms with Gasteiger partial charge in [0.25, 0.3) is 0 Å². The Balaban J connectivity index is 2.15. The molecule has 1 heterocycles. The van der Waals surface area contributed by atoms with E-state index in [0.717, 1.165) is 0 Å². The zero-order valence-corrected chi connectivity index (χ0v) is 13.9. The summed E-state index contributed by atoms with van der Waals surface area (Å²) in [5.74, 6) is -0.819. The highest BCUT2D eigenvalue weighted by molar-refractivity contribution is 6.42. The van der Waals surface area contributed by atoms with E-state index in [1.165, 1.54) is 17.0 Å². The number of carbonyl (C=O) groups excluding carboxylic acids is 1. The number of rotatable bonds is 2. The third-order valence-corrected chi connectivity index (χ3v) is 4.32. The molecule has 0 unspecified atom stereocenters. The summed E-state index contributed by atoms with van der Waals surface area (Å²) in [5.41, 5.74) is 1.83. The molecule has 0 bridgehead atoms. The molecule has 5 nitrogen and oxygen atoms in total. The molecule has 1 aliphatic heterocycles. The fraction of sp³-hybridized carbons (Fsp3) is 0.0588. The van der Waals surface area contributed by atoms with Crippen molar-refractivity contribution in [3.63, 3.8) is 0 Å². The predicted octanol–water partition coefficient (Wildman–Crippen LogP) is 4.78. The standard InChI is InChI=1S/C17H11Cl2NO4/c1-20-14-5-3-10(16(21)22)8-11(14)15(24-17(20)23)7-9-2-4-12(18)13(19)6-9/h2-8H,1H3,(H,21,22)/b15-7-. The summed E-state index contributed by atoms with van der Waals surface area (Å²) >= 11 is 11.9. The molecule has 1 amide bonds. The topological polar surface area (TPSA) is 66.8 Å². The largest absolute Gasteiger partial charge is 0.478 e. The molecule has 1 aliphatic rings. The van der Waals surface area contributed by atoms with Crippen molar-refractivity contribution in [2.24, 2.45) is 0 Å². The van der Waals surface area contributed by atoms with Crippen LogP contribution in [0.5, 0.6) is 0 Å². The van der Waals surface area contributed by atoms with Crippen LogP contribution < -0.4 is 4.90 Å². The highest BCUT2D eigenvalue weighted by Crippen LogP contribution is 2.35. The number of cyclic esters (lactones) is 1. The normalized spacial score (nSPS) is 15.2. The van der Waals surface area contributed by atoms with Crippen molar-refractivity contribution in [2.75, 3.05) is 11.9 Å². The van der Waals surface area contributed by atoms with Gasteiger partial charge in [-0.3, -0.25) is 4.90 Å². The van der Waals surface area contributed by atoms with E-state index in [2.05, 4.69) is 0 Å². The maximum Gasteiger partial charge on any atom is 0.419 e. The van der Waals surface area contributed by atoms with E-state index < -0.39 is 12.1 Å². The minimum absolute atomic E-state index is 0.0973. The number of carboxylic acids is 1. The predicted molar refractivity (Wildman–Crippen MR) is 92.6 cm³/mol. The molecular weight excluding hydrogens is 353 g/mol. The number of ether oxygens (including phenoxy) is 1. The Bertz CT molecular complexity index is 892. The van der Waals surface area contributed by atoms with Crippen LogP contribution in [0.4, 0.5) is 10.5 Å². The first-order valence-electron chi connectivity index (χ1n) is 6.87. The van der Waals surface area contributed by atoms with Crippen molar-refractivity contribution in [3.05, 3.63) is 63.1 Å². The summed E-state index contributed by atoms with van der Waals surface area (Å²) in [7, 11) is 1.55. The molecule has 0 saturated heterocycles. The second kappa shape index (κ2) is 6.19. The number of aromatic carboxylic acids is 1. The Morgan fingerprint density at radius 1 is 1.17 bits per heavy atom. The highest BCUT2D eigenvalue weighted by Gasteiger charge is 2.27. The van der Waals surface area contributed by atoms with E-state index in [4.69, 9.17) is 27.9 Å². The smallest absolute Gasteiger partial charge is 0.419 e. The summed E-state index contributed by atoms with van der Waals surface area (Å²) < 4.78 is 5.31. The molecule has 2 aromatic carbocycles. The summed E-state index contributed by atoms with van der Waals surface area (Å²) in [6.07, 6.45) is 1.05. The number of benzene rings is 2. The molecule has 0 radical (unpaired) electrons. The van der Waals surface area contributed by atoms with Crippen molar-refractivity contribution in [1.29, 1.82) is 0 Å². The van der Waals surface area contributed by atoms with Crippen LogP contribution >= 0.6 is 23.2 Å². The van der Waals surface area contributed by atoms with Crippen LogP contribution in [0.1, 0.15) is 21.5 Å². The van der Waals surface area contributed by atoms with Crippen molar-refractivity contribution < 1.29 is 19.4 Å². The van der Waals surface area contributed by atoms with Crippen molar-refractivity contribution in [3.8, 4) is 0 Å². The van der Waals surface area contributed by atoms with Crippen LogP contribution in [0.2, 0.25) is 10.0 Å². The van der Waals surface area contributed by atoms with Crippen LogP contribution in [-0.2, 0) is 4.74 Å². The summed E-state index contributed by atoms with van der Waals surface area (Å²) in [6, 6.07) is 9.44. The SMILES string of the molecule is CN1C(=O)O/C(=C\c2ccc(Cl)c(Cl)c2)c2cc(C(=O)O)ccc21. The first-order chi connectivity index (χ1) is 11.4. The average molecular weight is 364 g/mol. The van der Waals surface area contributed by atoms with E-state index in [0.29, 0.717) is 26.9 Å². The molecule has 3 rings (SSSR count). The molecule has 0 atom stereocenters. The molecule has 7 heteroatoms. The monoisotopic (exact) mass is 363 g/mol. The van der Waals surface area contributed by atoms with E-state index in [1.807, 2.05) is 0 Å². The van der Waals surface area contributed by atoms with E-state index in [1.54, 1.807) is 37.4 Å². The molecule has 0 fully saturated rings. The number of hydrogen-bond acceptors (Lipinski definition) is 3. The Hall–Kier alpha value is -2.50. The molecule has 0 spiro atoms. The molecule has 1 N–H and O–H groups in total. The fourth-order valence-electron chi connectivity index (χ4n) is 2.34. The number of nitrogens with zero attached hydrogens (tertiary/aromatic N) is 1. The number of carbonyl (C=O) groups is 2. The summed E-state index contributed by atoms with van der Waals surface area (Å²) in [4.78, 5) is 24.5. The molecule has 122 valence electrons. The van der Waals surface area contributed by atoms with Gasteiger partial charge in [0.05, 0.1) is 21.3 Å². The van der Waals surface area contributed by atoms with Gasteiger partial charge in [0.1, 0.15) is 5.76 Å². The van der Waals surface area contributed by atoms with Crippen LogP contribution in [-0.4, -0.2) is 24.2 Å². The first-order valence-corrected chi connectivity index (χ1v) is 7.62. The van der Waals surface area contributed by atoms with Gasteiger partial charge in [0.15, 0.2) is 0 Å². The third kappa shape index (κ3) is 2.96. The number of halogens is 2. The van der Waals surface area contributed by atoms with Gasteiger partial charge >= 0.3 is 12.1 Å². The van der Waals surface area contributed by atoms with Crippen molar-refractivity contribution >= 4 is 52.8 Å². The van der Waals surface area contributed by atoms with Gasteiger partial charge in [-0.1, -0.05) is 29.3 Å². The Labute approximate surface area is 147 Å². The van der Waals surface area contributed by atoms with E-state index >= 15 is 0 Å². The lowest BCUT2D eigenvalue weighted by atomic mass is 10.0. The molecule has 0 aromatic heterocycles. The van der Waals surface area contributed by atoms with Gasteiger partial charge in [-0.2, -0.15) is 0 Å².